The molecule has 1 fully saturated rings. The van der Waals surface area contributed by atoms with Crippen LogP contribution in [0.1, 0.15) is 30.3 Å². The van der Waals surface area contributed by atoms with E-state index in [0.717, 1.165) is 37.3 Å². The number of carbonyl (C=O) groups excluding carboxylic acids is 2. The summed E-state index contributed by atoms with van der Waals surface area (Å²) in [6, 6.07) is 10.3. The van der Waals surface area contributed by atoms with Gasteiger partial charge in [0.25, 0.3) is 5.91 Å². The lowest BCUT2D eigenvalue weighted by atomic mass is 10.2. The number of hydrogen-bond acceptors (Lipinski definition) is 4. The third-order valence-electron chi connectivity index (χ3n) is 4.09. The Labute approximate surface area is 140 Å². The van der Waals surface area contributed by atoms with Crippen LogP contribution in [-0.4, -0.2) is 30.9 Å². The highest BCUT2D eigenvalue weighted by molar-refractivity contribution is 6.01. The zero-order valence-corrected chi connectivity index (χ0v) is 13.6. The number of furan rings is 1. The fourth-order valence-electron chi connectivity index (χ4n) is 2.80. The average Bonchev–Trinajstić information content (AvgIpc) is 3.29. The van der Waals surface area contributed by atoms with E-state index in [9.17, 15) is 9.59 Å². The molecule has 2 amide bonds. The Morgan fingerprint density at radius 3 is 2.58 bits per heavy atom. The molecular weight excluding hydrogens is 306 g/mol. The molecule has 1 aliphatic rings. The Bertz CT molecular complexity index is 706. The lowest BCUT2D eigenvalue weighted by Gasteiger charge is -2.22. The third-order valence-corrected chi connectivity index (χ3v) is 4.09. The number of amides is 2. The molecule has 1 aliphatic heterocycles. The maximum absolute atomic E-state index is 12.4. The summed E-state index contributed by atoms with van der Waals surface area (Å²) in [5.41, 5.74) is 1.79. The molecule has 2 heterocycles. The Balaban J connectivity index is 1.65. The molecule has 6 nitrogen and oxygen atoms in total. The van der Waals surface area contributed by atoms with Gasteiger partial charge in [-0.2, -0.15) is 0 Å². The van der Waals surface area contributed by atoms with Crippen molar-refractivity contribution in [1.82, 2.24) is 5.32 Å². The fraction of sp³-hybridized carbons (Fsp3) is 0.333. The van der Waals surface area contributed by atoms with Gasteiger partial charge in [0.15, 0.2) is 5.76 Å². The van der Waals surface area contributed by atoms with E-state index >= 15 is 0 Å². The molecule has 6 heteroatoms. The molecule has 1 saturated heterocycles. The van der Waals surface area contributed by atoms with Gasteiger partial charge in [-0.15, -0.1) is 0 Å². The summed E-state index contributed by atoms with van der Waals surface area (Å²) >= 11 is 0. The zero-order valence-electron chi connectivity index (χ0n) is 13.6. The van der Waals surface area contributed by atoms with Gasteiger partial charge in [-0.3, -0.25) is 9.59 Å². The maximum Gasteiger partial charge on any atom is 0.287 e. The van der Waals surface area contributed by atoms with E-state index < -0.39 is 11.9 Å². The van der Waals surface area contributed by atoms with Crippen LogP contribution in [0.25, 0.3) is 0 Å². The molecule has 2 aromatic rings. The molecule has 0 aliphatic carbocycles. The topological polar surface area (TPSA) is 74.6 Å². The van der Waals surface area contributed by atoms with Crippen LogP contribution in [0.4, 0.5) is 11.4 Å². The summed E-state index contributed by atoms with van der Waals surface area (Å²) in [6.45, 7) is 3.64. The summed E-state index contributed by atoms with van der Waals surface area (Å²) in [5.74, 6) is -0.482. The molecule has 0 saturated carbocycles. The van der Waals surface area contributed by atoms with E-state index in [4.69, 9.17) is 4.42 Å². The van der Waals surface area contributed by atoms with Gasteiger partial charge in [0.1, 0.15) is 6.04 Å². The number of nitrogens with one attached hydrogen (secondary N) is 2. The summed E-state index contributed by atoms with van der Waals surface area (Å²) < 4.78 is 5.03. The van der Waals surface area contributed by atoms with Gasteiger partial charge in [0.2, 0.25) is 5.91 Å². The van der Waals surface area contributed by atoms with Gasteiger partial charge in [-0.05, 0) is 44.0 Å². The zero-order chi connectivity index (χ0) is 16.9. The predicted octanol–water partition coefficient (Wildman–Crippen LogP) is 2.64. The van der Waals surface area contributed by atoms with E-state index in [2.05, 4.69) is 15.5 Å². The third kappa shape index (κ3) is 3.59. The highest BCUT2D eigenvalue weighted by Crippen LogP contribution is 2.28. The Hall–Kier alpha value is -2.76. The fourth-order valence-corrected chi connectivity index (χ4v) is 2.80. The standard InChI is InChI=1S/C18H21N3O3/c1-13(19-18(23)16-9-6-12-24-16)17(22)20-14-7-2-3-8-15(14)21-10-4-5-11-21/h2-3,6-9,12-13H,4-5,10-11H2,1H3,(H,19,23)(H,20,22)/t13-/m0/s1. The molecule has 0 radical (unpaired) electrons. The number of para-hydroxylation sites is 2. The number of rotatable bonds is 5. The van der Waals surface area contributed by atoms with E-state index in [1.165, 1.54) is 6.26 Å². The SMILES string of the molecule is C[C@H](NC(=O)c1ccco1)C(=O)Nc1ccccc1N1CCCC1. The number of hydrogen-bond donors (Lipinski definition) is 2. The first-order valence-electron chi connectivity index (χ1n) is 8.14. The predicted molar refractivity (Wildman–Crippen MR) is 92.2 cm³/mol. The van der Waals surface area contributed by atoms with Crippen molar-refractivity contribution < 1.29 is 14.0 Å². The first kappa shape index (κ1) is 16.1. The lowest BCUT2D eigenvalue weighted by molar-refractivity contribution is -0.117. The van der Waals surface area contributed by atoms with Crippen LogP contribution in [0.3, 0.4) is 0 Å². The van der Waals surface area contributed by atoms with Gasteiger partial charge in [-0.1, -0.05) is 12.1 Å². The first-order valence-corrected chi connectivity index (χ1v) is 8.14. The normalized spacial score (nSPS) is 15.1. The van der Waals surface area contributed by atoms with Crippen molar-refractivity contribution in [1.29, 1.82) is 0 Å². The number of carbonyl (C=O) groups is 2. The maximum atomic E-state index is 12.4. The molecular formula is C18H21N3O3. The molecule has 24 heavy (non-hydrogen) atoms. The molecule has 0 bridgehead atoms. The van der Waals surface area contributed by atoms with E-state index in [-0.39, 0.29) is 11.7 Å². The van der Waals surface area contributed by atoms with E-state index in [0.29, 0.717) is 0 Å². The first-order chi connectivity index (χ1) is 11.6. The quantitative estimate of drug-likeness (QED) is 0.885. The highest BCUT2D eigenvalue weighted by Gasteiger charge is 2.21. The molecule has 126 valence electrons. The van der Waals surface area contributed by atoms with Crippen molar-refractivity contribution in [2.45, 2.75) is 25.8 Å². The summed E-state index contributed by atoms with van der Waals surface area (Å²) in [6.07, 6.45) is 3.75. The number of nitrogens with zero attached hydrogens (tertiary/aromatic N) is 1. The Morgan fingerprint density at radius 1 is 1.12 bits per heavy atom. The van der Waals surface area contributed by atoms with Crippen LogP contribution in [0, 0.1) is 0 Å². The minimum absolute atomic E-state index is 0.187. The lowest BCUT2D eigenvalue weighted by Crippen LogP contribution is -2.41. The van der Waals surface area contributed by atoms with Crippen molar-refractivity contribution in [2.24, 2.45) is 0 Å². The van der Waals surface area contributed by atoms with E-state index in [1.807, 2.05) is 24.3 Å². The second-order valence-corrected chi connectivity index (χ2v) is 5.87. The summed E-state index contributed by atoms with van der Waals surface area (Å²) in [7, 11) is 0. The van der Waals surface area contributed by atoms with Crippen molar-refractivity contribution in [2.75, 3.05) is 23.3 Å². The van der Waals surface area contributed by atoms with E-state index in [1.54, 1.807) is 19.1 Å². The van der Waals surface area contributed by atoms with Crippen LogP contribution in [-0.2, 0) is 4.79 Å². The van der Waals surface area contributed by atoms with Gasteiger partial charge in [0, 0.05) is 13.1 Å². The van der Waals surface area contributed by atoms with Gasteiger partial charge >= 0.3 is 0 Å². The molecule has 2 N–H and O–H groups in total. The average molecular weight is 327 g/mol. The second-order valence-electron chi connectivity index (χ2n) is 5.87. The van der Waals surface area contributed by atoms with Gasteiger partial charge in [-0.25, -0.2) is 0 Å². The van der Waals surface area contributed by atoms with Crippen LogP contribution < -0.4 is 15.5 Å². The molecule has 1 aromatic heterocycles. The Morgan fingerprint density at radius 2 is 1.88 bits per heavy atom. The van der Waals surface area contributed by atoms with Crippen LogP contribution in [0.5, 0.6) is 0 Å². The molecule has 1 aromatic carbocycles. The van der Waals surface area contributed by atoms with Gasteiger partial charge in [0.05, 0.1) is 17.6 Å². The number of benzene rings is 1. The van der Waals surface area contributed by atoms with Gasteiger partial charge < -0.3 is 20.0 Å². The minimum Gasteiger partial charge on any atom is -0.459 e. The van der Waals surface area contributed by atoms with Crippen molar-refractivity contribution in [3.05, 3.63) is 48.4 Å². The monoisotopic (exact) mass is 327 g/mol. The van der Waals surface area contributed by atoms with Crippen molar-refractivity contribution in [3.8, 4) is 0 Å². The molecule has 0 spiro atoms. The minimum atomic E-state index is -0.672. The highest BCUT2D eigenvalue weighted by atomic mass is 16.3. The Kier molecular flexibility index (Phi) is 4.84. The smallest absolute Gasteiger partial charge is 0.287 e. The van der Waals surface area contributed by atoms with Crippen LogP contribution >= 0.6 is 0 Å². The summed E-state index contributed by atoms with van der Waals surface area (Å²) in [4.78, 5) is 26.6. The van der Waals surface area contributed by atoms with Crippen molar-refractivity contribution >= 4 is 23.2 Å². The summed E-state index contributed by atoms with van der Waals surface area (Å²) in [5, 5.41) is 5.54. The molecule has 0 unspecified atom stereocenters. The molecule has 3 rings (SSSR count). The van der Waals surface area contributed by atoms with Crippen LogP contribution in [0.15, 0.2) is 47.1 Å². The van der Waals surface area contributed by atoms with Crippen LogP contribution in [0.2, 0.25) is 0 Å². The number of anilines is 2. The second kappa shape index (κ2) is 7.21. The largest absolute Gasteiger partial charge is 0.459 e. The van der Waals surface area contributed by atoms with Crippen molar-refractivity contribution in [3.63, 3.8) is 0 Å². The molecule has 1 atom stereocenters.